The topological polar surface area (TPSA) is 42.1 Å². The van der Waals surface area contributed by atoms with E-state index in [-0.39, 0.29) is 11.8 Å². The number of rotatable bonds is 8. The van der Waals surface area contributed by atoms with Crippen LogP contribution in [0.2, 0.25) is 0 Å². The SMILES string of the molecule is CN(C)CCNC(=O)[C@@H]1C[C@H](CN2CCN(C)CC2)CN(Cc2ccc3ccccc3c2)C1. The molecule has 180 valence electrons. The predicted molar refractivity (Wildman–Crippen MR) is 136 cm³/mol. The third kappa shape index (κ3) is 7.00. The number of nitrogens with one attached hydrogen (secondary N) is 1. The van der Waals surface area contributed by atoms with Gasteiger partial charge in [-0.1, -0.05) is 36.4 Å². The zero-order valence-electron chi connectivity index (χ0n) is 20.7. The van der Waals surface area contributed by atoms with Crippen molar-refractivity contribution in [2.75, 3.05) is 80.0 Å². The van der Waals surface area contributed by atoms with Gasteiger partial charge in [0.15, 0.2) is 0 Å². The van der Waals surface area contributed by atoms with E-state index in [4.69, 9.17) is 0 Å². The van der Waals surface area contributed by atoms with Crippen LogP contribution in [0.3, 0.4) is 0 Å². The smallest absolute Gasteiger partial charge is 0.224 e. The van der Waals surface area contributed by atoms with E-state index in [1.807, 2.05) is 14.1 Å². The van der Waals surface area contributed by atoms with Crippen LogP contribution in [-0.4, -0.2) is 106 Å². The van der Waals surface area contributed by atoms with Crippen molar-refractivity contribution in [2.45, 2.75) is 13.0 Å². The molecule has 4 rings (SSSR count). The highest BCUT2D eigenvalue weighted by Gasteiger charge is 2.32. The Morgan fingerprint density at radius 2 is 1.76 bits per heavy atom. The summed E-state index contributed by atoms with van der Waals surface area (Å²) in [6, 6.07) is 15.3. The van der Waals surface area contributed by atoms with Crippen molar-refractivity contribution < 1.29 is 4.79 Å². The second kappa shape index (κ2) is 11.4. The minimum atomic E-state index is 0.0684. The van der Waals surface area contributed by atoms with Crippen LogP contribution in [0.15, 0.2) is 42.5 Å². The van der Waals surface area contributed by atoms with Crippen LogP contribution in [0.1, 0.15) is 12.0 Å². The number of hydrogen-bond acceptors (Lipinski definition) is 5. The molecule has 1 amide bonds. The van der Waals surface area contributed by atoms with Gasteiger partial charge in [0.2, 0.25) is 5.91 Å². The molecule has 2 fully saturated rings. The molecule has 6 heteroatoms. The molecule has 0 bridgehead atoms. The molecule has 0 saturated carbocycles. The number of likely N-dealkylation sites (tertiary alicyclic amines) is 1. The van der Waals surface area contributed by atoms with Gasteiger partial charge in [0.25, 0.3) is 0 Å². The van der Waals surface area contributed by atoms with Crippen molar-refractivity contribution in [1.82, 2.24) is 24.9 Å². The Morgan fingerprint density at radius 1 is 1.00 bits per heavy atom. The Labute approximate surface area is 199 Å². The van der Waals surface area contributed by atoms with Crippen LogP contribution < -0.4 is 5.32 Å². The summed E-state index contributed by atoms with van der Waals surface area (Å²) in [5.41, 5.74) is 1.33. The number of likely N-dealkylation sites (N-methyl/N-ethyl adjacent to an activating group) is 2. The molecule has 33 heavy (non-hydrogen) atoms. The Morgan fingerprint density at radius 3 is 2.52 bits per heavy atom. The highest BCUT2D eigenvalue weighted by Crippen LogP contribution is 2.26. The molecule has 0 aliphatic carbocycles. The van der Waals surface area contributed by atoms with Crippen LogP contribution in [-0.2, 0) is 11.3 Å². The number of benzene rings is 2. The maximum atomic E-state index is 13.1. The Hall–Kier alpha value is -1.99. The second-order valence-electron chi connectivity index (χ2n) is 10.4. The second-order valence-corrected chi connectivity index (χ2v) is 10.4. The molecular formula is C27H41N5O. The van der Waals surface area contributed by atoms with Gasteiger partial charge in [-0.2, -0.15) is 0 Å². The lowest BCUT2D eigenvalue weighted by atomic mass is 9.87. The number of fused-ring (bicyclic) bond motifs is 1. The number of piperidine rings is 1. The number of amides is 1. The van der Waals surface area contributed by atoms with Crippen molar-refractivity contribution in [3.63, 3.8) is 0 Å². The van der Waals surface area contributed by atoms with Gasteiger partial charge in [-0.05, 0) is 55.9 Å². The van der Waals surface area contributed by atoms with Gasteiger partial charge >= 0.3 is 0 Å². The van der Waals surface area contributed by atoms with E-state index in [1.165, 1.54) is 16.3 Å². The zero-order valence-corrected chi connectivity index (χ0v) is 20.7. The first-order valence-electron chi connectivity index (χ1n) is 12.5. The maximum absolute atomic E-state index is 13.1. The molecule has 0 spiro atoms. The number of piperazine rings is 1. The van der Waals surface area contributed by atoms with Gasteiger partial charge in [0, 0.05) is 65.4 Å². The van der Waals surface area contributed by atoms with E-state index in [9.17, 15) is 4.79 Å². The molecule has 2 aromatic carbocycles. The Bertz CT molecular complexity index is 908. The number of carbonyl (C=O) groups excluding carboxylic acids is 1. The first-order chi connectivity index (χ1) is 16.0. The standard InChI is InChI=1S/C27H41N5O/c1-29(2)11-10-28-27(33)26-17-23(19-31-14-12-30(3)13-15-31)20-32(21-26)18-22-8-9-24-6-4-5-7-25(24)16-22/h4-9,16,23,26H,10-15,17-21H2,1-3H3,(H,28,33)/t23-,26-/m1/s1. The van der Waals surface area contributed by atoms with Crippen LogP contribution >= 0.6 is 0 Å². The highest BCUT2D eigenvalue weighted by molar-refractivity contribution is 5.83. The molecule has 1 N–H and O–H groups in total. The first-order valence-corrected chi connectivity index (χ1v) is 12.5. The maximum Gasteiger partial charge on any atom is 0.224 e. The summed E-state index contributed by atoms with van der Waals surface area (Å²) in [6.45, 7) is 10.1. The van der Waals surface area contributed by atoms with Gasteiger partial charge in [0.05, 0.1) is 5.92 Å². The normalized spacial score (nSPS) is 23.3. The quantitative estimate of drug-likeness (QED) is 0.667. The van der Waals surface area contributed by atoms with Crippen LogP contribution in [0, 0.1) is 11.8 Å². The van der Waals surface area contributed by atoms with E-state index >= 15 is 0 Å². The van der Waals surface area contributed by atoms with E-state index < -0.39 is 0 Å². The van der Waals surface area contributed by atoms with Crippen molar-refractivity contribution in [3.8, 4) is 0 Å². The third-order valence-electron chi connectivity index (χ3n) is 7.17. The summed E-state index contributed by atoms with van der Waals surface area (Å²) in [7, 11) is 6.30. The molecule has 0 radical (unpaired) electrons. The van der Waals surface area contributed by atoms with Crippen molar-refractivity contribution in [3.05, 3.63) is 48.0 Å². The molecule has 0 aromatic heterocycles. The van der Waals surface area contributed by atoms with E-state index in [2.05, 4.69) is 74.4 Å². The number of nitrogens with zero attached hydrogens (tertiary/aromatic N) is 4. The average Bonchev–Trinajstić information content (AvgIpc) is 2.80. The minimum absolute atomic E-state index is 0.0684. The molecule has 0 unspecified atom stereocenters. The van der Waals surface area contributed by atoms with Crippen molar-refractivity contribution in [2.24, 2.45) is 11.8 Å². The fourth-order valence-electron chi connectivity index (χ4n) is 5.29. The molecule has 2 aromatic rings. The molecule has 6 nitrogen and oxygen atoms in total. The minimum Gasteiger partial charge on any atom is -0.355 e. The number of carbonyl (C=O) groups is 1. The van der Waals surface area contributed by atoms with Gasteiger partial charge in [-0.25, -0.2) is 0 Å². The number of hydrogen-bond donors (Lipinski definition) is 1. The summed E-state index contributed by atoms with van der Waals surface area (Å²) in [6.07, 6.45) is 0.994. The monoisotopic (exact) mass is 451 g/mol. The van der Waals surface area contributed by atoms with E-state index in [0.717, 1.165) is 71.9 Å². The zero-order chi connectivity index (χ0) is 23.2. The molecule has 2 aliphatic heterocycles. The van der Waals surface area contributed by atoms with Crippen LogP contribution in [0.5, 0.6) is 0 Å². The fourth-order valence-corrected chi connectivity index (χ4v) is 5.29. The molecule has 2 heterocycles. The molecule has 2 aliphatic rings. The summed E-state index contributed by atoms with van der Waals surface area (Å²) in [5.74, 6) is 0.828. The predicted octanol–water partition coefficient (Wildman–Crippen LogP) is 2.20. The van der Waals surface area contributed by atoms with Gasteiger partial charge in [-0.3, -0.25) is 9.69 Å². The molecule has 2 atom stereocenters. The lowest BCUT2D eigenvalue weighted by Gasteiger charge is -2.41. The summed E-state index contributed by atoms with van der Waals surface area (Å²) in [4.78, 5) is 22.7. The highest BCUT2D eigenvalue weighted by atomic mass is 16.1. The van der Waals surface area contributed by atoms with Gasteiger partial charge in [-0.15, -0.1) is 0 Å². The lowest BCUT2D eigenvalue weighted by molar-refractivity contribution is -0.127. The summed E-state index contributed by atoms with van der Waals surface area (Å²) in [5, 5.41) is 5.77. The van der Waals surface area contributed by atoms with Crippen molar-refractivity contribution >= 4 is 16.7 Å². The summed E-state index contributed by atoms with van der Waals surface area (Å²) >= 11 is 0. The van der Waals surface area contributed by atoms with Crippen LogP contribution in [0.4, 0.5) is 0 Å². The largest absolute Gasteiger partial charge is 0.355 e. The van der Waals surface area contributed by atoms with Crippen LogP contribution in [0.25, 0.3) is 10.8 Å². The fraction of sp³-hybridized carbons (Fsp3) is 0.593. The third-order valence-corrected chi connectivity index (χ3v) is 7.17. The summed E-state index contributed by atoms with van der Waals surface area (Å²) < 4.78 is 0. The van der Waals surface area contributed by atoms with E-state index in [0.29, 0.717) is 5.92 Å². The Balaban J connectivity index is 1.42. The van der Waals surface area contributed by atoms with Gasteiger partial charge < -0.3 is 20.0 Å². The van der Waals surface area contributed by atoms with E-state index in [1.54, 1.807) is 0 Å². The lowest BCUT2D eigenvalue weighted by Crippen LogP contribution is -2.51. The first kappa shape index (κ1) is 24.1. The molecular weight excluding hydrogens is 410 g/mol. The van der Waals surface area contributed by atoms with Gasteiger partial charge in [0.1, 0.15) is 0 Å². The average molecular weight is 452 g/mol. The Kier molecular flexibility index (Phi) is 8.36. The molecule has 2 saturated heterocycles. The van der Waals surface area contributed by atoms with Crippen molar-refractivity contribution in [1.29, 1.82) is 0 Å².